The summed E-state index contributed by atoms with van der Waals surface area (Å²) in [4.78, 5) is 0. The van der Waals surface area contributed by atoms with Gasteiger partial charge in [-0.15, -0.1) is 0 Å². The molecule has 0 aliphatic carbocycles. The third kappa shape index (κ3) is 2.10. The molecule has 1 unspecified atom stereocenters. The average molecular weight is 192 g/mol. The van der Waals surface area contributed by atoms with Crippen molar-refractivity contribution in [2.45, 2.75) is 19.8 Å². The second kappa shape index (κ2) is 4.31. The normalized spacial score (nSPS) is 12.4. The molecule has 0 aromatic heterocycles. The number of hydrogen-bond acceptors (Lipinski definition) is 0. The molecule has 0 spiro atoms. The Morgan fingerprint density at radius 3 is 2.40 bits per heavy atom. The molecule has 15 heavy (non-hydrogen) atoms. The first-order valence-electron chi connectivity index (χ1n) is 5.05. The van der Waals surface area contributed by atoms with E-state index in [1.165, 1.54) is 5.56 Å². The first-order chi connectivity index (χ1) is 7.29. The molecule has 0 fully saturated rings. The molecule has 1 atom stereocenters. The van der Waals surface area contributed by atoms with Gasteiger partial charge in [0.2, 0.25) is 0 Å². The number of rotatable bonds is 2. The highest BCUT2D eigenvalue weighted by Gasteiger charge is 2.10. The van der Waals surface area contributed by atoms with E-state index in [4.69, 9.17) is 0 Å². The van der Waals surface area contributed by atoms with Gasteiger partial charge in [0.15, 0.2) is 0 Å². The first kappa shape index (κ1) is 9.97. The lowest BCUT2D eigenvalue weighted by Gasteiger charge is -2.13. The van der Waals surface area contributed by atoms with Crippen molar-refractivity contribution in [2.24, 2.45) is 0 Å². The van der Waals surface area contributed by atoms with Crippen LogP contribution in [0.15, 0.2) is 30.3 Å². The van der Waals surface area contributed by atoms with Crippen molar-refractivity contribution < 1.29 is 0 Å². The molecule has 0 N–H and O–H groups in total. The molecule has 4 radical (unpaired) electrons. The van der Waals surface area contributed by atoms with E-state index >= 15 is 0 Å². The highest BCUT2D eigenvalue weighted by Crippen LogP contribution is 2.24. The van der Waals surface area contributed by atoms with Crippen molar-refractivity contribution in [1.82, 2.24) is 0 Å². The highest BCUT2D eigenvalue weighted by molar-refractivity contribution is 5.34. The smallest absolute Gasteiger partial charge is 0.00763 e. The van der Waals surface area contributed by atoms with E-state index < -0.39 is 0 Å². The van der Waals surface area contributed by atoms with E-state index in [9.17, 15) is 0 Å². The van der Waals surface area contributed by atoms with Crippen LogP contribution in [0.5, 0.6) is 0 Å². The molecular weight excluding hydrogens is 180 g/mol. The van der Waals surface area contributed by atoms with Crippen LogP contribution in [0.25, 0.3) is 0 Å². The van der Waals surface area contributed by atoms with Gasteiger partial charge in [0.25, 0.3) is 0 Å². The predicted molar refractivity (Wildman–Crippen MR) is 60.5 cm³/mol. The number of benzene rings is 2. The Labute approximate surface area is 91.6 Å². The van der Waals surface area contributed by atoms with Gasteiger partial charge < -0.3 is 0 Å². The summed E-state index contributed by atoms with van der Waals surface area (Å²) in [6.07, 6.45) is 0. The Hall–Kier alpha value is -1.56. The average Bonchev–Trinajstić information content (AvgIpc) is 2.30. The van der Waals surface area contributed by atoms with Crippen molar-refractivity contribution in [2.75, 3.05) is 0 Å². The van der Waals surface area contributed by atoms with Crippen LogP contribution in [0.1, 0.15) is 29.5 Å². The molecule has 0 heterocycles. The van der Waals surface area contributed by atoms with Gasteiger partial charge in [-0.2, -0.15) is 0 Å². The molecule has 0 heteroatoms. The van der Waals surface area contributed by atoms with E-state index in [0.717, 1.165) is 11.1 Å². The molecule has 2 aromatic rings. The molecule has 0 amide bonds. The zero-order valence-corrected chi connectivity index (χ0v) is 8.96. The van der Waals surface area contributed by atoms with Gasteiger partial charge >= 0.3 is 0 Å². The highest BCUT2D eigenvalue weighted by atomic mass is 14.1. The van der Waals surface area contributed by atoms with E-state index in [2.05, 4.69) is 38.1 Å². The Morgan fingerprint density at radius 2 is 1.73 bits per heavy atom. The topological polar surface area (TPSA) is 0 Å². The molecule has 0 aliphatic rings. The summed E-state index contributed by atoms with van der Waals surface area (Å²) in [6.45, 7) is 4.22. The van der Waals surface area contributed by atoms with Crippen molar-refractivity contribution in [3.63, 3.8) is 0 Å². The van der Waals surface area contributed by atoms with E-state index in [1.54, 1.807) is 0 Å². The van der Waals surface area contributed by atoms with Crippen LogP contribution >= 0.6 is 0 Å². The lowest BCUT2D eigenvalue weighted by atomic mass is 9.90. The molecule has 0 aliphatic heterocycles. The van der Waals surface area contributed by atoms with E-state index in [-0.39, 0.29) is 0 Å². The van der Waals surface area contributed by atoms with Gasteiger partial charge in [0.05, 0.1) is 0 Å². The zero-order chi connectivity index (χ0) is 10.7. The fraction of sp³-hybridized carbons (Fsp3) is 0.200. The molecule has 0 saturated heterocycles. The maximum atomic E-state index is 3.27. The van der Waals surface area contributed by atoms with Crippen molar-refractivity contribution >= 4 is 0 Å². The molecule has 72 valence electrons. The van der Waals surface area contributed by atoms with Gasteiger partial charge in [0.1, 0.15) is 0 Å². The van der Waals surface area contributed by atoms with Crippen LogP contribution in [-0.4, -0.2) is 0 Å². The van der Waals surface area contributed by atoms with E-state index in [0.29, 0.717) is 5.92 Å². The maximum absolute atomic E-state index is 3.27. The minimum atomic E-state index is 0.305. The summed E-state index contributed by atoms with van der Waals surface area (Å²) in [6, 6.07) is 22.3. The quantitative estimate of drug-likeness (QED) is 0.684. The van der Waals surface area contributed by atoms with Gasteiger partial charge in [0, 0.05) is 5.92 Å². The molecule has 2 rings (SSSR count). The van der Waals surface area contributed by atoms with Crippen molar-refractivity contribution in [1.29, 1.82) is 0 Å². The summed E-state index contributed by atoms with van der Waals surface area (Å²) in [5.74, 6) is 0.305. The fourth-order valence-electron chi connectivity index (χ4n) is 1.70. The molecule has 0 nitrogen and oxygen atoms in total. The Bertz CT molecular complexity index is 429. The van der Waals surface area contributed by atoms with Crippen LogP contribution in [0.2, 0.25) is 0 Å². The standard InChI is InChI=1S/C15H12/c1-12-8-6-7-11-15(12)13(2)14-9-4-3-5-10-14/h3-4,6-7,10,13H,1-2H3. The molecule has 0 saturated carbocycles. The minimum absolute atomic E-state index is 0.305. The van der Waals surface area contributed by atoms with Gasteiger partial charge in [-0.25, -0.2) is 0 Å². The summed E-state index contributed by atoms with van der Waals surface area (Å²) in [5, 5.41) is 0. The molecule has 0 bridgehead atoms. The maximum Gasteiger partial charge on any atom is 0.00763 e. The second-order valence-corrected chi connectivity index (χ2v) is 3.63. The summed E-state index contributed by atoms with van der Waals surface area (Å²) >= 11 is 0. The minimum Gasteiger partial charge on any atom is -0.0542 e. The molecule has 2 aromatic carbocycles. The van der Waals surface area contributed by atoms with Crippen LogP contribution < -0.4 is 0 Å². The first-order valence-corrected chi connectivity index (χ1v) is 5.05. The number of aryl methyl sites for hydroxylation is 1. The monoisotopic (exact) mass is 192 g/mol. The van der Waals surface area contributed by atoms with Crippen molar-refractivity contribution in [3.8, 4) is 0 Å². The lowest BCUT2D eigenvalue weighted by molar-refractivity contribution is 0.905. The number of hydrogen-bond donors (Lipinski definition) is 0. The largest absolute Gasteiger partial charge is 0.0542 e. The van der Waals surface area contributed by atoms with Crippen molar-refractivity contribution in [3.05, 3.63) is 71.3 Å². The third-order valence-corrected chi connectivity index (χ3v) is 2.59. The Kier molecular flexibility index (Phi) is 2.86. The van der Waals surface area contributed by atoms with Crippen LogP contribution in [0, 0.1) is 31.2 Å². The molecular formula is C15H12. The van der Waals surface area contributed by atoms with Gasteiger partial charge in [-0.05, 0) is 53.9 Å². The van der Waals surface area contributed by atoms with Gasteiger partial charge in [-0.1, -0.05) is 31.2 Å². The Balaban J connectivity index is 2.37. The SMILES string of the molecule is Cc1[c]cc[c]c1C(C)c1[c]cc[c]c1. The summed E-state index contributed by atoms with van der Waals surface area (Å²) < 4.78 is 0. The van der Waals surface area contributed by atoms with Crippen LogP contribution in [-0.2, 0) is 0 Å². The zero-order valence-electron chi connectivity index (χ0n) is 8.96. The third-order valence-electron chi connectivity index (χ3n) is 2.59. The summed E-state index contributed by atoms with van der Waals surface area (Å²) in [5.41, 5.74) is 3.49. The second-order valence-electron chi connectivity index (χ2n) is 3.63. The van der Waals surface area contributed by atoms with Gasteiger partial charge in [-0.3, -0.25) is 0 Å². The fourth-order valence-corrected chi connectivity index (χ4v) is 1.70. The van der Waals surface area contributed by atoms with Crippen LogP contribution in [0.4, 0.5) is 0 Å². The predicted octanol–water partition coefficient (Wildman–Crippen LogP) is 3.35. The lowest BCUT2D eigenvalue weighted by Crippen LogP contribution is -1.98. The van der Waals surface area contributed by atoms with Crippen LogP contribution in [0.3, 0.4) is 0 Å². The Morgan fingerprint density at radius 1 is 1.00 bits per heavy atom. The summed E-state index contributed by atoms with van der Waals surface area (Å²) in [7, 11) is 0. The van der Waals surface area contributed by atoms with E-state index in [1.807, 2.05) is 30.3 Å².